The van der Waals surface area contributed by atoms with Crippen LogP contribution in [0.5, 0.6) is 0 Å². The molecule has 1 atom stereocenters. The molecular weight excluding hydrogens is 194 g/mol. The Morgan fingerprint density at radius 3 is 2.60 bits per heavy atom. The first-order valence-corrected chi connectivity index (χ1v) is 5.67. The lowest BCUT2D eigenvalue weighted by Gasteiger charge is -2.32. The lowest BCUT2D eigenvalue weighted by molar-refractivity contribution is -0.141. The van der Waals surface area contributed by atoms with Gasteiger partial charge in [-0.05, 0) is 31.6 Å². The van der Waals surface area contributed by atoms with Crippen LogP contribution < -0.4 is 0 Å². The average molecular weight is 211 g/mol. The van der Waals surface area contributed by atoms with Crippen molar-refractivity contribution in [3.8, 4) is 0 Å². The number of carboxylic acids is 1. The molecule has 84 valence electrons. The minimum atomic E-state index is -0.749. The highest BCUT2D eigenvalue weighted by Crippen LogP contribution is 2.32. The monoisotopic (exact) mass is 211 g/mol. The molecule has 4 heteroatoms. The molecule has 0 spiro atoms. The smallest absolute Gasteiger partial charge is 0.303 e. The second-order valence-electron chi connectivity index (χ2n) is 4.66. The number of nitrogens with zero attached hydrogens (tertiary/aromatic N) is 1. The first-order chi connectivity index (χ1) is 7.16. The van der Waals surface area contributed by atoms with E-state index in [0.717, 1.165) is 32.2 Å². The van der Waals surface area contributed by atoms with Crippen molar-refractivity contribution in [2.45, 2.75) is 32.1 Å². The molecule has 1 unspecified atom stereocenters. The van der Waals surface area contributed by atoms with Crippen LogP contribution in [0.1, 0.15) is 32.1 Å². The molecule has 2 fully saturated rings. The second kappa shape index (κ2) is 4.21. The van der Waals surface area contributed by atoms with Gasteiger partial charge in [0.1, 0.15) is 0 Å². The molecule has 0 aromatic carbocycles. The van der Waals surface area contributed by atoms with Crippen LogP contribution in [0.3, 0.4) is 0 Å². The Morgan fingerprint density at radius 1 is 1.27 bits per heavy atom. The Balaban J connectivity index is 1.85. The maximum atomic E-state index is 11.8. The summed E-state index contributed by atoms with van der Waals surface area (Å²) in [6.45, 7) is 1.48. The summed E-state index contributed by atoms with van der Waals surface area (Å²) >= 11 is 0. The van der Waals surface area contributed by atoms with Crippen LogP contribution in [0.25, 0.3) is 0 Å². The zero-order valence-corrected chi connectivity index (χ0v) is 8.82. The van der Waals surface area contributed by atoms with Gasteiger partial charge in [-0.2, -0.15) is 0 Å². The number of rotatable bonds is 3. The molecule has 1 aliphatic heterocycles. The fraction of sp³-hybridized carbons (Fsp3) is 0.818. The van der Waals surface area contributed by atoms with Gasteiger partial charge in [-0.3, -0.25) is 9.59 Å². The highest BCUT2D eigenvalue weighted by molar-refractivity contribution is 5.81. The van der Waals surface area contributed by atoms with Gasteiger partial charge in [-0.1, -0.05) is 0 Å². The minimum absolute atomic E-state index is 0.166. The van der Waals surface area contributed by atoms with E-state index in [1.807, 2.05) is 4.90 Å². The lowest BCUT2D eigenvalue weighted by atomic mass is 9.94. The van der Waals surface area contributed by atoms with Gasteiger partial charge in [0.05, 0.1) is 0 Å². The van der Waals surface area contributed by atoms with E-state index >= 15 is 0 Å². The van der Waals surface area contributed by atoms with Crippen LogP contribution in [0.15, 0.2) is 0 Å². The van der Waals surface area contributed by atoms with Crippen LogP contribution in [0.2, 0.25) is 0 Å². The van der Waals surface area contributed by atoms with Gasteiger partial charge < -0.3 is 10.0 Å². The summed E-state index contributed by atoms with van der Waals surface area (Å²) in [5, 5.41) is 8.71. The molecule has 1 heterocycles. The Morgan fingerprint density at radius 2 is 2.00 bits per heavy atom. The molecular formula is C11H17NO3. The highest BCUT2D eigenvalue weighted by Gasteiger charge is 2.35. The summed E-state index contributed by atoms with van der Waals surface area (Å²) in [4.78, 5) is 24.2. The Labute approximate surface area is 89.3 Å². The number of carboxylic acid groups (broad SMARTS) is 1. The van der Waals surface area contributed by atoms with E-state index in [4.69, 9.17) is 5.11 Å². The summed E-state index contributed by atoms with van der Waals surface area (Å²) in [6, 6.07) is 0. The summed E-state index contributed by atoms with van der Waals surface area (Å²) in [5.74, 6) is -0.0710. The molecule has 2 rings (SSSR count). The van der Waals surface area contributed by atoms with Crippen molar-refractivity contribution in [2.24, 2.45) is 11.8 Å². The molecule has 1 N–H and O–H groups in total. The molecule has 0 radical (unpaired) electrons. The molecule has 2 aliphatic rings. The molecule has 15 heavy (non-hydrogen) atoms. The Bertz CT molecular complexity index is 273. The number of carbonyl (C=O) groups excluding carboxylic acids is 1. The maximum Gasteiger partial charge on any atom is 0.303 e. The summed E-state index contributed by atoms with van der Waals surface area (Å²) in [6.07, 6.45) is 4.16. The van der Waals surface area contributed by atoms with Crippen molar-refractivity contribution in [1.29, 1.82) is 0 Å². The van der Waals surface area contributed by atoms with E-state index in [-0.39, 0.29) is 24.2 Å². The van der Waals surface area contributed by atoms with Crippen molar-refractivity contribution in [2.75, 3.05) is 13.1 Å². The number of carbonyl (C=O) groups is 2. The van der Waals surface area contributed by atoms with E-state index in [9.17, 15) is 9.59 Å². The predicted octanol–water partition coefficient (Wildman–Crippen LogP) is 1.11. The van der Waals surface area contributed by atoms with Gasteiger partial charge in [-0.25, -0.2) is 0 Å². The Kier molecular flexibility index (Phi) is 2.93. The number of likely N-dealkylation sites (tertiary alicyclic amines) is 1. The predicted molar refractivity (Wildman–Crippen MR) is 54.3 cm³/mol. The molecule has 1 aliphatic carbocycles. The number of amides is 1. The summed E-state index contributed by atoms with van der Waals surface area (Å²) < 4.78 is 0. The van der Waals surface area contributed by atoms with Crippen molar-refractivity contribution in [3.63, 3.8) is 0 Å². The third kappa shape index (κ3) is 2.70. The van der Waals surface area contributed by atoms with E-state index in [1.165, 1.54) is 0 Å². The molecule has 1 amide bonds. The van der Waals surface area contributed by atoms with Gasteiger partial charge in [-0.15, -0.1) is 0 Å². The maximum absolute atomic E-state index is 11.8. The van der Waals surface area contributed by atoms with Gasteiger partial charge in [0, 0.05) is 25.4 Å². The van der Waals surface area contributed by atoms with Crippen LogP contribution in [-0.4, -0.2) is 35.0 Å². The normalized spacial score (nSPS) is 26.4. The van der Waals surface area contributed by atoms with Crippen molar-refractivity contribution >= 4 is 11.9 Å². The third-order valence-corrected chi connectivity index (χ3v) is 3.22. The molecule has 0 aromatic rings. The second-order valence-corrected chi connectivity index (χ2v) is 4.66. The van der Waals surface area contributed by atoms with Crippen molar-refractivity contribution in [3.05, 3.63) is 0 Å². The van der Waals surface area contributed by atoms with Crippen molar-refractivity contribution < 1.29 is 14.7 Å². The number of aliphatic carboxylic acids is 1. The van der Waals surface area contributed by atoms with Gasteiger partial charge in [0.25, 0.3) is 0 Å². The molecule has 1 saturated carbocycles. The average Bonchev–Trinajstić information content (AvgIpc) is 2.99. The number of piperidine rings is 1. The fourth-order valence-electron chi connectivity index (χ4n) is 2.27. The van der Waals surface area contributed by atoms with Gasteiger partial charge in [0.2, 0.25) is 5.91 Å². The van der Waals surface area contributed by atoms with Crippen LogP contribution >= 0.6 is 0 Å². The van der Waals surface area contributed by atoms with Crippen molar-refractivity contribution in [1.82, 2.24) is 4.90 Å². The molecule has 1 saturated heterocycles. The van der Waals surface area contributed by atoms with E-state index in [1.54, 1.807) is 0 Å². The first kappa shape index (κ1) is 10.5. The van der Waals surface area contributed by atoms with Gasteiger partial charge in [0.15, 0.2) is 0 Å². The van der Waals surface area contributed by atoms with E-state index in [0.29, 0.717) is 6.54 Å². The minimum Gasteiger partial charge on any atom is -0.481 e. The van der Waals surface area contributed by atoms with Crippen LogP contribution in [0, 0.1) is 11.8 Å². The number of hydrogen-bond acceptors (Lipinski definition) is 2. The standard InChI is InChI=1S/C11H17NO3/c13-10(14)6-8-2-1-5-12(7-8)11(15)9-3-4-9/h8-9H,1-7H2,(H,13,14). The zero-order chi connectivity index (χ0) is 10.8. The topological polar surface area (TPSA) is 57.6 Å². The van der Waals surface area contributed by atoms with Crippen LogP contribution in [-0.2, 0) is 9.59 Å². The summed E-state index contributed by atoms with van der Waals surface area (Å²) in [5.41, 5.74) is 0. The fourth-order valence-corrected chi connectivity index (χ4v) is 2.27. The highest BCUT2D eigenvalue weighted by atomic mass is 16.4. The zero-order valence-electron chi connectivity index (χ0n) is 8.82. The molecule has 4 nitrogen and oxygen atoms in total. The summed E-state index contributed by atoms with van der Waals surface area (Å²) in [7, 11) is 0. The van der Waals surface area contributed by atoms with E-state index < -0.39 is 5.97 Å². The first-order valence-electron chi connectivity index (χ1n) is 5.67. The third-order valence-electron chi connectivity index (χ3n) is 3.22. The molecule has 0 bridgehead atoms. The number of hydrogen-bond donors (Lipinski definition) is 1. The van der Waals surface area contributed by atoms with Gasteiger partial charge >= 0.3 is 5.97 Å². The lowest BCUT2D eigenvalue weighted by Crippen LogP contribution is -2.41. The Hall–Kier alpha value is -1.06. The quantitative estimate of drug-likeness (QED) is 0.760. The SMILES string of the molecule is O=C(O)CC1CCCN(C(=O)C2CC2)C1. The largest absolute Gasteiger partial charge is 0.481 e. The van der Waals surface area contributed by atoms with Crippen LogP contribution in [0.4, 0.5) is 0 Å². The molecule has 0 aromatic heterocycles. The van der Waals surface area contributed by atoms with E-state index in [2.05, 4.69) is 0 Å².